The summed E-state index contributed by atoms with van der Waals surface area (Å²) in [6.45, 7) is 2.51. The minimum atomic E-state index is -3.75. The van der Waals surface area contributed by atoms with Crippen LogP contribution in [0, 0.1) is 30.1 Å². The highest BCUT2D eigenvalue weighted by Gasteiger charge is 2.56. The van der Waals surface area contributed by atoms with Gasteiger partial charge in [-0.05, 0) is 99.8 Å². The summed E-state index contributed by atoms with van der Waals surface area (Å²) in [5.41, 5.74) is 1.64. The molecule has 4 fully saturated rings. The van der Waals surface area contributed by atoms with Crippen LogP contribution in [-0.4, -0.2) is 31.1 Å². The number of benzene rings is 1. The molecule has 7 nitrogen and oxygen atoms in total. The van der Waals surface area contributed by atoms with Crippen molar-refractivity contribution in [2.75, 3.05) is 16.2 Å². The van der Waals surface area contributed by atoms with Crippen LogP contribution in [0.2, 0.25) is 0 Å². The van der Waals surface area contributed by atoms with E-state index >= 15 is 0 Å². The van der Waals surface area contributed by atoms with Crippen LogP contribution in [0.25, 0.3) is 0 Å². The zero-order valence-corrected chi connectivity index (χ0v) is 19.8. The molecule has 1 amide bonds. The first kappa shape index (κ1) is 20.6. The Balaban J connectivity index is 1.28. The zero-order chi connectivity index (χ0) is 22.1. The topological polar surface area (TPSA) is 92.3 Å². The summed E-state index contributed by atoms with van der Waals surface area (Å²) in [5, 5.41) is 8.70. The number of carbonyl (C=O) groups is 1. The Morgan fingerprint density at radius 2 is 1.81 bits per heavy atom. The SMILES string of the molecule is Cc1nnc(NS(=O)(=O)c2ccc3c(c2)CCCN3C(=O)C23CC4CC(CC(C4)C2)C3)s1. The number of carbonyl (C=O) groups excluding carboxylic acids is 1. The molecule has 0 atom stereocenters. The van der Waals surface area contributed by atoms with Gasteiger partial charge < -0.3 is 4.90 Å². The monoisotopic (exact) mass is 472 g/mol. The fourth-order valence-electron chi connectivity index (χ4n) is 7.12. The number of nitrogens with one attached hydrogen (secondary N) is 1. The Bertz CT molecular complexity index is 1150. The maximum Gasteiger partial charge on any atom is 0.263 e. The molecule has 7 rings (SSSR count). The van der Waals surface area contributed by atoms with Crippen molar-refractivity contribution in [1.29, 1.82) is 0 Å². The number of nitrogens with zero attached hydrogens (tertiary/aromatic N) is 3. The molecule has 9 heteroatoms. The summed E-state index contributed by atoms with van der Waals surface area (Å²) in [6, 6.07) is 5.16. The molecule has 1 aliphatic heterocycles. The molecule has 4 bridgehead atoms. The highest BCUT2D eigenvalue weighted by molar-refractivity contribution is 7.93. The van der Waals surface area contributed by atoms with Gasteiger partial charge >= 0.3 is 0 Å². The highest BCUT2D eigenvalue weighted by atomic mass is 32.2. The first-order chi connectivity index (χ1) is 15.3. The number of amides is 1. The summed E-state index contributed by atoms with van der Waals surface area (Å²) < 4.78 is 28.3. The van der Waals surface area contributed by atoms with Crippen LogP contribution in [0.15, 0.2) is 23.1 Å². The Labute approximate surface area is 192 Å². The van der Waals surface area contributed by atoms with Gasteiger partial charge in [0.05, 0.1) is 10.3 Å². The van der Waals surface area contributed by atoms with Gasteiger partial charge in [0.1, 0.15) is 5.01 Å². The van der Waals surface area contributed by atoms with Crippen LogP contribution in [0.5, 0.6) is 0 Å². The van der Waals surface area contributed by atoms with Crippen LogP contribution in [-0.2, 0) is 21.2 Å². The molecule has 170 valence electrons. The largest absolute Gasteiger partial charge is 0.312 e. The second-order valence-corrected chi connectivity index (χ2v) is 13.1. The molecular weight excluding hydrogens is 444 g/mol. The number of hydrogen-bond acceptors (Lipinski definition) is 6. The first-order valence-electron chi connectivity index (χ1n) is 11.6. The van der Waals surface area contributed by atoms with E-state index in [0.717, 1.165) is 67.7 Å². The van der Waals surface area contributed by atoms with Crippen LogP contribution in [0.3, 0.4) is 0 Å². The molecule has 4 saturated carbocycles. The average Bonchev–Trinajstić information content (AvgIpc) is 3.15. The van der Waals surface area contributed by atoms with Gasteiger partial charge in [0, 0.05) is 12.2 Å². The number of aryl methyl sites for hydroxylation is 2. The normalized spacial score (nSPS) is 30.9. The maximum atomic E-state index is 13.9. The maximum absolute atomic E-state index is 13.9. The third-order valence-electron chi connectivity index (χ3n) is 7.96. The van der Waals surface area contributed by atoms with E-state index in [2.05, 4.69) is 14.9 Å². The van der Waals surface area contributed by atoms with Crippen molar-refractivity contribution >= 4 is 38.1 Å². The van der Waals surface area contributed by atoms with E-state index in [1.807, 2.05) is 11.0 Å². The van der Waals surface area contributed by atoms with Crippen LogP contribution in [0.4, 0.5) is 10.8 Å². The Morgan fingerprint density at radius 3 is 2.44 bits per heavy atom. The predicted octanol–water partition coefficient (Wildman–Crippen LogP) is 4.14. The van der Waals surface area contributed by atoms with E-state index in [4.69, 9.17) is 0 Å². The summed E-state index contributed by atoms with van der Waals surface area (Å²) >= 11 is 1.20. The predicted molar refractivity (Wildman–Crippen MR) is 123 cm³/mol. The van der Waals surface area contributed by atoms with Gasteiger partial charge in [0.15, 0.2) is 0 Å². The second kappa shape index (κ2) is 7.25. The minimum absolute atomic E-state index is 0.189. The van der Waals surface area contributed by atoms with Crippen molar-refractivity contribution in [2.45, 2.75) is 63.2 Å². The van der Waals surface area contributed by atoms with Gasteiger partial charge in [-0.25, -0.2) is 8.42 Å². The van der Waals surface area contributed by atoms with E-state index in [1.165, 1.54) is 30.6 Å². The molecule has 0 radical (unpaired) electrons. The van der Waals surface area contributed by atoms with Crippen molar-refractivity contribution in [3.05, 3.63) is 28.8 Å². The van der Waals surface area contributed by atoms with E-state index in [-0.39, 0.29) is 21.3 Å². The number of anilines is 2. The third kappa shape index (κ3) is 3.36. The van der Waals surface area contributed by atoms with E-state index < -0.39 is 10.0 Å². The highest BCUT2D eigenvalue weighted by Crippen LogP contribution is 2.61. The molecule has 32 heavy (non-hydrogen) atoms. The number of aromatic nitrogens is 2. The summed E-state index contributed by atoms with van der Waals surface area (Å²) in [6.07, 6.45) is 8.70. The molecular formula is C23H28N4O3S2. The van der Waals surface area contributed by atoms with Gasteiger partial charge in [-0.15, -0.1) is 10.2 Å². The lowest BCUT2D eigenvalue weighted by atomic mass is 9.49. The van der Waals surface area contributed by atoms with E-state index in [0.29, 0.717) is 5.01 Å². The standard InChI is InChI=1S/C23H28N4O3S2/c1-14-24-25-22(31-14)26-32(29,30)19-4-5-20-18(10-19)3-2-6-27(20)21(28)23-11-15-7-16(12-23)9-17(8-15)13-23/h4-5,10,15-17H,2-3,6-9,11-13H2,1H3,(H,25,26). The number of sulfonamides is 1. The van der Waals surface area contributed by atoms with Crippen molar-refractivity contribution in [3.63, 3.8) is 0 Å². The lowest BCUT2D eigenvalue weighted by Crippen LogP contribution is -2.55. The average molecular weight is 473 g/mol. The molecule has 5 aliphatic rings. The van der Waals surface area contributed by atoms with E-state index in [1.54, 1.807) is 19.1 Å². The van der Waals surface area contributed by atoms with Gasteiger partial charge in [-0.2, -0.15) is 0 Å². The van der Waals surface area contributed by atoms with Crippen molar-refractivity contribution in [2.24, 2.45) is 23.2 Å². The lowest BCUT2D eigenvalue weighted by Gasteiger charge is -2.56. The Kier molecular flexibility index (Phi) is 4.67. The number of fused-ring (bicyclic) bond motifs is 1. The molecule has 0 unspecified atom stereocenters. The van der Waals surface area contributed by atoms with Crippen molar-refractivity contribution in [3.8, 4) is 0 Å². The lowest BCUT2D eigenvalue weighted by molar-refractivity contribution is -0.143. The molecule has 4 aliphatic carbocycles. The van der Waals surface area contributed by atoms with Gasteiger partial charge in [-0.3, -0.25) is 9.52 Å². The molecule has 2 aromatic rings. The number of hydrogen-bond donors (Lipinski definition) is 1. The summed E-state index contributed by atoms with van der Waals surface area (Å²) in [7, 11) is -3.75. The fraction of sp³-hybridized carbons (Fsp3) is 0.609. The molecule has 1 aromatic heterocycles. The van der Waals surface area contributed by atoms with Crippen LogP contribution < -0.4 is 9.62 Å². The Hall–Kier alpha value is -2.00. The summed E-state index contributed by atoms with van der Waals surface area (Å²) in [5.74, 6) is 2.45. The smallest absolute Gasteiger partial charge is 0.263 e. The first-order valence-corrected chi connectivity index (χ1v) is 13.9. The van der Waals surface area contributed by atoms with Crippen LogP contribution >= 0.6 is 11.3 Å². The Morgan fingerprint density at radius 1 is 1.12 bits per heavy atom. The second-order valence-electron chi connectivity index (χ2n) is 10.3. The van der Waals surface area contributed by atoms with Crippen LogP contribution in [0.1, 0.15) is 55.5 Å². The van der Waals surface area contributed by atoms with Gasteiger partial charge in [0.25, 0.3) is 10.0 Å². The molecule has 0 saturated heterocycles. The molecule has 2 heterocycles. The fourth-order valence-corrected chi connectivity index (χ4v) is 8.99. The minimum Gasteiger partial charge on any atom is -0.312 e. The molecule has 1 aromatic carbocycles. The van der Waals surface area contributed by atoms with Crippen molar-refractivity contribution < 1.29 is 13.2 Å². The summed E-state index contributed by atoms with van der Waals surface area (Å²) in [4.78, 5) is 16.1. The third-order valence-corrected chi connectivity index (χ3v) is 10.2. The molecule has 1 N–H and O–H groups in total. The number of rotatable bonds is 4. The zero-order valence-electron chi connectivity index (χ0n) is 18.2. The van der Waals surface area contributed by atoms with E-state index in [9.17, 15) is 13.2 Å². The van der Waals surface area contributed by atoms with Crippen molar-refractivity contribution in [1.82, 2.24) is 10.2 Å². The molecule has 0 spiro atoms. The van der Waals surface area contributed by atoms with Gasteiger partial charge in [-0.1, -0.05) is 11.3 Å². The quantitative estimate of drug-likeness (QED) is 0.722. The van der Waals surface area contributed by atoms with Gasteiger partial charge in [0.2, 0.25) is 11.0 Å².